The molecule has 0 bridgehead atoms. The Kier molecular flexibility index (Phi) is 3.45. The van der Waals surface area contributed by atoms with E-state index in [1.165, 1.54) is 14.0 Å². The molecule has 0 N–H and O–H groups in total. The summed E-state index contributed by atoms with van der Waals surface area (Å²) < 4.78 is 2.79. The first-order valence-electron chi connectivity index (χ1n) is 8.11. The Morgan fingerprint density at radius 2 is 1.92 bits per heavy atom. The summed E-state index contributed by atoms with van der Waals surface area (Å²) in [4.78, 5) is 33.5. The van der Waals surface area contributed by atoms with Gasteiger partial charge in [-0.3, -0.25) is 4.79 Å². The molecule has 7 nitrogen and oxygen atoms in total. The Labute approximate surface area is 142 Å². The van der Waals surface area contributed by atoms with Crippen LogP contribution in [0.4, 0.5) is 0 Å². The van der Waals surface area contributed by atoms with Crippen LogP contribution in [0.25, 0.3) is 15.9 Å². The van der Waals surface area contributed by atoms with E-state index < -0.39 is 0 Å². The predicted molar refractivity (Wildman–Crippen MR) is 92.7 cm³/mol. The van der Waals surface area contributed by atoms with Crippen molar-refractivity contribution in [1.82, 2.24) is 24.1 Å². The van der Waals surface area contributed by atoms with Gasteiger partial charge in [-0.1, -0.05) is 0 Å². The second-order valence-corrected chi connectivity index (χ2v) is 7.51. The summed E-state index contributed by atoms with van der Waals surface area (Å²) in [5.41, 5.74) is 1.39. The lowest BCUT2D eigenvalue weighted by molar-refractivity contribution is -0.131. The minimum absolute atomic E-state index is 0.0103. The fraction of sp³-hybridized carbons (Fsp3) is 0.500. The zero-order chi connectivity index (χ0) is 17.0. The first-order chi connectivity index (χ1) is 11.5. The zero-order valence-electron chi connectivity index (χ0n) is 14.0. The highest BCUT2D eigenvalue weighted by atomic mass is 32.1. The number of amides is 1. The minimum atomic E-state index is -0.298. The number of thiophene rings is 1. The summed E-state index contributed by atoms with van der Waals surface area (Å²) in [6, 6.07) is 0. The molecule has 0 saturated carbocycles. The predicted octanol–water partition coefficient (Wildman–Crippen LogP) is 1.65. The molecule has 0 atom stereocenters. The fourth-order valence-corrected chi connectivity index (χ4v) is 4.38. The summed E-state index contributed by atoms with van der Waals surface area (Å²) in [5, 5.41) is 5.38. The number of carbonyl (C=O) groups excluding carboxylic acids is 1. The molecule has 8 heteroatoms. The molecule has 0 spiro atoms. The monoisotopic (exact) mass is 345 g/mol. The molecule has 4 heterocycles. The second kappa shape index (κ2) is 5.41. The van der Waals surface area contributed by atoms with Crippen LogP contribution in [0.3, 0.4) is 0 Å². The average Bonchev–Trinajstić information content (AvgIpc) is 3.22. The van der Waals surface area contributed by atoms with E-state index >= 15 is 0 Å². The van der Waals surface area contributed by atoms with E-state index in [2.05, 4.69) is 10.1 Å². The van der Waals surface area contributed by atoms with Crippen LogP contribution in [0.5, 0.6) is 0 Å². The third kappa shape index (κ3) is 2.16. The average molecular weight is 345 g/mol. The molecule has 1 fully saturated rings. The van der Waals surface area contributed by atoms with E-state index in [4.69, 9.17) is 0 Å². The molecule has 1 saturated heterocycles. The van der Waals surface area contributed by atoms with Crippen LogP contribution in [-0.4, -0.2) is 43.1 Å². The minimum Gasteiger partial charge on any atom is -0.341 e. The van der Waals surface area contributed by atoms with Gasteiger partial charge >= 0.3 is 5.69 Å². The van der Waals surface area contributed by atoms with Gasteiger partial charge < -0.3 is 4.90 Å². The second-order valence-electron chi connectivity index (χ2n) is 6.31. The number of hydrogen-bond donors (Lipinski definition) is 0. The summed E-state index contributed by atoms with van der Waals surface area (Å²) in [6.07, 6.45) is 2.06. The van der Waals surface area contributed by atoms with Gasteiger partial charge in [0.1, 0.15) is 17.2 Å². The molecule has 24 heavy (non-hydrogen) atoms. The van der Waals surface area contributed by atoms with Gasteiger partial charge in [-0.15, -0.1) is 16.4 Å². The van der Waals surface area contributed by atoms with Crippen molar-refractivity contribution < 1.29 is 4.79 Å². The standard InChI is InChI=1S/C16H19N5O2S/c1-9-10(2)24-15-13(9)14-18-20(16(23)21(14)11(3)17-15)8-12(22)19-6-4-5-7-19/h4-8H2,1-3H3. The van der Waals surface area contributed by atoms with E-state index in [0.717, 1.165) is 41.7 Å². The molecule has 0 aromatic carbocycles. The molecule has 0 radical (unpaired) electrons. The van der Waals surface area contributed by atoms with Gasteiger partial charge in [-0.25, -0.2) is 18.9 Å². The first-order valence-corrected chi connectivity index (χ1v) is 8.92. The van der Waals surface area contributed by atoms with E-state index in [-0.39, 0.29) is 18.1 Å². The molecule has 1 aliphatic heterocycles. The lowest BCUT2D eigenvalue weighted by Crippen LogP contribution is -2.35. The van der Waals surface area contributed by atoms with Crippen LogP contribution in [0.1, 0.15) is 29.1 Å². The molecule has 3 aromatic heterocycles. The van der Waals surface area contributed by atoms with Gasteiger partial charge in [0.2, 0.25) is 5.91 Å². The van der Waals surface area contributed by atoms with Crippen molar-refractivity contribution in [3.05, 3.63) is 26.7 Å². The van der Waals surface area contributed by atoms with Gasteiger partial charge in [-0.05, 0) is 39.2 Å². The van der Waals surface area contributed by atoms with Crippen LogP contribution in [0, 0.1) is 20.8 Å². The van der Waals surface area contributed by atoms with Gasteiger partial charge in [0, 0.05) is 18.0 Å². The van der Waals surface area contributed by atoms with E-state index in [1.54, 1.807) is 23.2 Å². The van der Waals surface area contributed by atoms with Gasteiger partial charge in [0.15, 0.2) is 5.65 Å². The van der Waals surface area contributed by atoms with Crippen molar-refractivity contribution in [3.63, 3.8) is 0 Å². The molecule has 0 unspecified atom stereocenters. The van der Waals surface area contributed by atoms with E-state index in [0.29, 0.717) is 11.5 Å². The van der Waals surface area contributed by atoms with Crippen molar-refractivity contribution in [2.45, 2.75) is 40.2 Å². The number of hydrogen-bond acceptors (Lipinski definition) is 5. The lowest BCUT2D eigenvalue weighted by atomic mass is 10.2. The number of aromatic nitrogens is 4. The third-order valence-electron chi connectivity index (χ3n) is 4.76. The SMILES string of the molecule is Cc1sc2nc(C)n3c(=O)n(CC(=O)N4CCCC4)nc3c2c1C. The molecule has 126 valence electrons. The summed E-state index contributed by atoms with van der Waals surface area (Å²) >= 11 is 1.61. The quantitative estimate of drug-likeness (QED) is 0.708. The van der Waals surface area contributed by atoms with Crippen LogP contribution >= 0.6 is 11.3 Å². The van der Waals surface area contributed by atoms with Crippen molar-refractivity contribution in [2.75, 3.05) is 13.1 Å². The maximum Gasteiger partial charge on any atom is 0.352 e. The highest BCUT2D eigenvalue weighted by Gasteiger charge is 2.22. The topological polar surface area (TPSA) is 72.5 Å². The molecule has 4 rings (SSSR count). The number of rotatable bonds is 2. The van der Waals surface area contributed by atoms with Gasteiger partial charge in [0.25, 0.3) is 0 Å². The van der Waals surface area contributed by atoms with Crippen LogP contribution in [0.15, 0.2) is 4.79 Å². The first kappa shape index (κ1) is 15.3. The van der Waals surface area contributed by atoms with Crippen LogP contribution in [0.2, 0.25) is 0 Å². The fourth-order valence-electron chi connectivity index (χ4n) is 3.31. The highest BCUT2D eigenvalue weighted by molar-refractivity contribution is 7.18. The Morgan fingerprint density at radius 1 is 1.21 bits per heavy atom. The number of carbonyl (C=O) groups is 1. The van der Waals surface area contributed by atoms with Crippen molar-refractivity contribution in [3.8, 4) is 0 Å². The lowest BCUT2D eigenvalue weighted by Gasteiger charge is -2.14. The summed E-state index contributed by atoms with van der Waals surface area (Å²) in [7, 11) is 0. The van der Waals surface area contributed by atoms with Gasteiger partial charge in [0.05, 0.1) is 5.39 Å². The third-order valence-corrected chi connectivity index (χ3v) is 5.86. The Balaban J connectivity index is 1.87. The van der Waals surface area contributed by atoms with Crippen LogP contribution in [-0.2, 0) is 11.3 Å². The molecular formula is C16H19N5O2S. The van der Waals surface area contributed by atoms with Crippen molar-refractivity contribution in [1.29, 1.82) is 0 Å². The molecular weight excluding hydrogens is 326 g/mol. The largest absolute Gasteiger partial charge is 0.352 e. The van der Waals surface area contributed by atoms with Gasteiger partial charge in [-0.2, -0.15) is 0 Å². The molecule has 1 aliphatic rings. The summed E-state index contributed by atoms with van der Waals surface area (Å²) in [6.45, 7) is 7.39. The number of aryl methyl sites for hydroxylation is 3. The van der Waals surface area contributed by atoms with E-state index in [9.17, 15) is 9.59 Å². The molecule has 0 aliphatic carbocycles. The maximum absolute atomic E-state index is 12.7. The molecule has 3 aromatic rings. The highest BCUT2D eigenvalue weighted by Crippen LogP contribution is 2.31. The Hall–Kier alpha value is -2.22. The normalized spacial score (nSPS) is 15.0. The Morgan fingerprint density at radius 3 is 2.62 bits per heavy atom. The number of likely N-dealkylation sites (tertiary alicyclic amines) is 1. The van der Waals surface area contributed by atoms with Crippen LogP contribution < -0.4 is 5.69 Å². The molecule has 1 amide bonds. The zero-order valence-corrected chi connectivity index (χ0v) is 14.8. The maximum atomic E-state index is 12.7. The number of fused-ring (bicyclic) bond motifs is 3. The Bertz CT molecular complexity index is 1020. The summed E-state index contributed by atoms with van der Waals surface area (Å²) in [5.74, 6) is 0.557. The number of nitrogens with zero attached hydrogens (tertiary/aromatic N) is 5. The smallest absolute Gasteiger partial charge is 0.341 e. The van der Waals surface area contributed by atoms with Crippen molar-refractivity contribution >= 4 is 33.1 Å². The van der Waals surface area contributed by atoms with Crippen molar-refractivity contribution in [2.24, 2.45) is 0 Å². The van der Waals surface area contributed by atoms with E-state index in [1.807, 2.05) is 13.8 Å².